The molecule has 0 fully saturated rings. The number of hydrogen-bond donors (Lipinski definition) is 1. The van der Waals surface area contributed by atoms with Gasteiger partial charge in [-0.3, -0.25) is 4.79 Å². The number of benzene rings is 2. The molecule has 7 nitrogen and oxygen atoms in total. The highest BCUT2D eigenvalue weighted by atomic mass is 35.5. The molecule has 30 heavy (non-hydrogen) atoms. The maximum atomic E-state index is 12.6. The minimum Gasteiger partial charge on any atom is -0.378 e. The Kier molecular flexibility index (Phi) is 6.91. The zero-order valence-corrected chi connectivity index (χ0v) is 18.3. The number of sulfonamides is 1. The number of nitrogens with zero attached hydrogens (tertiary/aromatic N) is 3. The van der Waals surface area contributed by atoms with E-state index in [9.17, 15) is 13.2 Å². The van der Waals surface area contributed by atoms with Gasteiger partial charge in [-0.2, -0.15) is 14.1 Å². The van der Waals surface area contributed by atoms with E-state index in [1.54, 1.807) is 36.4 Å². The first-order valence-corrected chi connectivity index (χ1v) is 11.4. The van der Waals surface area contributed by atoms with Gasteiger partial charge in [0.2, 0.25) is 10.0 Å². The van der Waals surface area contributed by atoms with Gasteiger partial charge in [0.15, 0.2) is 0 Å². The van der Waals surface area contributed by atoms with Crippen LogP contribution < -0.4 is 10.9 Å². The van der Waals surface area contributed by atoms with Crippen LogP contribution in [0, 0.1) is 0 Å². The molecule has 1 aromatic heterocycles. The lowest BCUT2D eigenvalue weighted by Gasteiger charge is -2.18. The van der Waals surface area contributed by atoms with Crippen LogP contribution >= 0.6 is 11.6 Å². The standard InChI is InChI=1S/C21H23ClN4O3S/c1-3-25(4-2)30(28,29)18-12-10-16(11-13-18)14-23-19-15-24-26(21(27)20(19)22)17-8-6-5-7-9-17/h5-13,15,23H,3-4,14H2,1-2H3. The van der Waals surface area contributed by atoms with Crippen molar-refractivity contribution in [3.05, 3.63) is 81.7 Å². The molecule has 0 aliphatic rings. The van der Waals surface area contributed by atoms with Crippen LogP contribution in [0.1, 0.15) is 19.4 Å². The molecule has 0 atom stereocenters. The average molecular weight is 447 g/mol. The van der Waals surface area contributed by atoms with Crippen LogP contribution in [-0.4, -0.2) is 35.6 Å². The van der Waals surface area contributed by atoms with Crippen molar-refractivity contribution in [2.75, 3.05) is 18.4 Å². The second-order valence-corrected chi connectivity index (χ2v) is 8.83. The van der Waals surface area contributed by atoms with Crippen molar-refractivity contribution >= 4 is 27.3 Å². The van der Waals surface area contributed by atoms with Crippen molar-refractivity contribution in [1.29, 1.82) is 0 Å². The van der Waals surface area contributed by atoms with E-state index in [1.807, 2.05) is 32.0 Å². The topological polar surface area (TPSA) is 84.3 Å². The van der Waals surface area contributed by atoms with Gasteiger partial charge >= 0.3 is 0 Å². The third-order valence-corrected chi connectivity index (χ3v) is 7.10. The van der Waals surface area contributed by atoms with E-state index < -0.39 is 15.6 Å². The molecule has 3 aromatic rings. The van der Waals surface area contributed by atoms with Gasteiger partial charge in [0.25, 0.3) is 5.56 Å². The Morgan fingerprint density at radius 1 is 1.03 bits per heavy atom. The van der Waals surface area contributed by atoms with Crippen molar-refractivity contribution in [1.82, 2.24) is 14.1 Å². The Bertz CT molecular complexity index is 1160. The Labute approximate surface area is 181 Å². The molecule has 158 valence electrons. The molecule has 1 N–H and O–H groups in total. The quantitative estimate of drug-likeness (QED) is 0.572. The Morgan fingerprint density at radius 2 is 1.67 bits per heavy atom. The number of rotatable bonds is 8. The summed E-state index contributed by atoms with van der Waals surface area (Å²) < 4.78 is 27.8. The Balaban J connectivity index is 1.75. The summed E-state index contributed by atoms with van der Waals surface area (Å²) in [6, 6.07) is 15.6. The van der Waals surface area contributed by atoms with Crippen molar-refractivity contribution < 1.29 is 8.42 Å². The highest BCUT2D eigenvalue weighted by Crippen LogP contribution is 2.19. The molecule has 0 saturated carbocycles. The predicted octanol–water partition coefficient (Wildman–Crippen LogP) is 3.53. The lowest BCUT2D eigenvalue weighted by Crippen LogP contribution is -2.30. The summed E-state index contributed by atoms with van der Waals surface area (Å²) in [5, 5.41) is 7.30. The normalized spacial score (nSPS) is 11.6. The minimum absolute atomic E-state index is 0.0367. The van der Waals surface area contributed by atoms with E-state index in [1.165, 1.54) is 15.2 Å². The number of halogens is 1. The number of nitrogens with one attached hydrogen (secondary N) is 1. The first-order chi connectivity index (χ1) is 14.4. The van der Waals surface area contributed by atoms with Crippen LogP contribution in [0.3, 0.4) is 0 Å². The molecule has 0 radical (unpaired) electrons. The third kappa shape index (κ3) is 4.56. The summed E-state index contributed by atoms with van der Waals surface area (Å²) in [6.07, 6.45) is 1.50. The minimum atomic E-state index is -3.49. The lowest BCUT2D eigenvalue weighted by molar-refractivity contribution is 0.445. The van der Waals surface area contributed by atoms with Crippen molar-refractivity contribution in [3.63, 3.8) is 0 Å². The fourth-order valence-electron chi connectivity index (χ4n) is 3.00. The van der Waals surface area contributed by atoms with Crippen LogP contribution in [0.4, 0.5) is 5.69 Å². The second kappa shape index (κ2) is 9.42. The molecule has 9 heteroatoms. The average Bonchev–Trinajstić information content (AvgIpc) is 2.76. The largest absolute Gasteiger partial charge is 0.378 e. The number of aromatic nitrogens is 2. The van der Waals surface area contributed by atoms with Crippen LogP contribution in [0.5, 0.6) is 0 Å². The molecule has 3 rings (SSSR count). The van der Waals surface area contributed by atoms with Crippen LogP contribution in [0.15, 0.2) is 70.5 Å². The van der Waals surface area contributed by atoms with E-state index in [2.05, 4.69) is 10.4 Å². The highest BCUT2D eigenvalue weighted by molar-refractivity contribution is 7.89. The smallest absolute Gasteiger partial charge is 0.292 e. The van der Waals surface area contributed by atoms with Gasteiger partial charge in [-0.15, -0.1) is 0 Å². The lowest BCUT2D eigenvalue weighted by atomic mass is 10.2. The van der Waals surface area contributed by atoms with Gasteiger partial charge in [0.05, 0.1) is 22.5 Å². The van der Waals surface area contributed by atoms with Crippen LogP contribution in [-0.2, 0) is 16.6 Å². The molecule has 0 saturated heterocycles. The maximum Gasteiger partial charge on any atom is 0.292 e. The van der Waals surface area contributed by atoms with Gasteiger partial charge in [0.1, 0.15) is 5.02 Å². The van der Waals surface area contributed by atoms with Gasteiger partial charge in [-0.1, -0.05) is 55.8 Å². The second-order valence-electron chi connectivity index (χ2n) is 6.51. The van der Waals surface area contributed by atoms with Crippen LogP contribution in [0.2, 0.25) is 5.02 Å². The van der Waals surface area contributed by atoms with Gasteiger partial charge in [-0.25, -0.2) is 8.42 Å². The summed E-state index contributed by atoms with van der Waals surface area (Å²) in [5.74, 6) is 0. The monoisotopic (exact) mass is 446 g/mol. The molecule has 2 aromatic carbocycles. The first kappa shape index (κ1) is 22.0. The summed E-state index contributed by atoms with van der Waals surface area (Å²) in [5.41, 5.74) is 1.46. The molecular formula is C21H23ClN4O3S. The molecule has 0 aliphatic heterocycles. The molecule has 1 heterocycles. The fourth-order valence-corrected chi connectivity index (χ4v) is 4.65. The molecule has 0 unspecified atom stereocenters. The molecule has 0 aliphatic carbocycles. The number of para-hydroxylation sites is 1. The van der Waals surface area contributed by atoms with Crippen molar-refractivity contribution in [2.24, 2.45) is 0 Å². The number of hydrogen-bond acceptors (Lipinski definition) is 5. The highest BCUT2D eigenvalue weighted by Gasteiger charge is 2.21. The summed E-state index contributed by atoms with van der Waals surface area (Å²) in [7, 11) is -3.49. The molecule has 0 amide bonds. The number of anilines is 1. The van der Waals surface area contributed by atoms with E-state index >= 15 is 0 Å². The van der Waals surface area contributed by atoms with Crippen molar-refractivity contribution in [3.8, 4) is 5.69 Å². The van der Waals surface area contributed by atoms with E-state index in [4.69, 9.17) is 11.6 Å². The Hall–Kier alpha value is -2.68. The van der Waals surface area contributed by atoms with Gasteiger partial charge in [-0.05, 0) is 29.8 Å². The van der Waals surface area contributed by atoms with Gasteiger partial charge in [0, 0.05) is 19.6 Å². The van der Waals surface area contributed by atoms with Gasteiger partial charge < -0.3 is 5.32 Å². The molecule has 0 bridgehead atoms. The first-order valence-electron chi connectivity index (χ1n) is 9.54. The Morgan fingerprint density at radius 3 is 2.27 bits per heavy atom. The summed E-state index contributed by atoms with van der Waals surface area (Å²) in [4.78, 5) is 12.8. The summed E-state index contributed by atoms with van der Waals surface area (Å²) in [6.45, 7) is 4.82. The SMILES string of the molecule is CCN(CC)S(=O)(=O)c1ccc(CNc2cnn(-c3ccccc3)c(=O)c2Cl)cc1. The van der Waals surface area contributed by atoms with E-state index in [0.29, 0.717) is 31.0 Å². The van der Waals surface area contributed by atoms with Crippen LogP contribution in [0.25, 0.3) is 5.69 Å². The van der Waals surface area contributed by atoms with Crippen molar-refractivity contribution in [2.45, 2.75) is 25.3 Å². The van der Waals surface area contributed by atoms with E-state index in [-0.39, 0.29) is 9.92 Å². The molecular weight excluding hydrogens is 424 g/mol. The molecule has 0 spiro atoms. The fraction of sp³-hybridized carbons (Fsp3) is 0.238. The zero-order chi connectivity index (χ0) is 21.7. The predicted molar refractivity (Wildman–Crippen MR) is 119 cm³/mol. The maximum absolute atomic E-state index is 12.6. The van der Waals surface area contributed by atoms with E-state index in [0.717, 1.165) is 5.56 Å². The summed E-state index contributed by atoms with van der Waals surface area (Å²) >= 11 is 6.25. The third-order valence-electron chi connectivity index (χ3n) is 4.67. The zero-order valence-electron chi connectivity index (χ0n) is 16.7.